The normalized spacial score (nSPS) is 17.5. The van der Waals surface area contributed by atoms with E-state index in [0.717, 1.165) is 18.4 Å². The maximum atomic E-state index is 11.2. The fourth-order valence-electron chi connectivity index (χ4n) is 2.91. The second-order valence-electron chi connectivity index (χ2n) is 5.52. The summed E-state index contributed by atoms with van der Waals surface area (Å²) < 4.78 is 0. The Bertz CT molecular complexity index is 458. The van der Waals surface area contributed by atoms with Crippen LogP contribution >= 0.6 is 0 Å². The van der Waals surface area contributed by atoms with Crippen LogP contribution in [-0.2, 0) is 4.79 Å². The molecule has 5 nitrogen and oxygen atoms in total. The fraction of sp³-hybridized carbons (Fsp3) is 0.533. The van der Waals surface area contributed by atoms with Crippen LogP contribution in [0.4, 0.5) is 5.69 Å². The number of nitrogen functional groups attached to an aromatic ring is 1. The third kappa shape index (κ3) is 3.95. The van der Waals surface area contributed by atoms with E-state index in [0.29, 0.717) is 18.3 Å². The first kappa shape index (κ1) is 14.8. The summed E-state index contributed by atoms with van der Waals surface area (Å²) in [7, 11) is 0. The fourth-order valence-corrected chi connectivity index (χ4v) is 2.91. The van der Waals surface area contributed by atoms with Crippen molar-refractivity contribution in [3.63, 3.8) is 0 Å². The highest BCUT2D eigenvalue weighted by atomic mass is 16.3. The molecule has 20 heavy (non-hydrogen) atoms. The molecular formula is C15H23N3O2. The van der Waals surface area contributed by atoms with Gasteiger partial charge in [-0.1, -0.05) is 25.0 Å². The van der Waals surface area contributed by atoms with Gasteiger partial charge in [0.25, 0.3) is 0 Å². The van der Waals surface area contributed by atoms with E-state index in [1.54, 1.807) is 12.1 Å². The molecule has 0 radical (unpaired) electrons. The summed E-state index contributed by atoms with van der Waals surface area (Å²) in [4.78, 5) is 13.2. The minimum atomic E-state index is -0.654. The van der Waals surface area contributed by atoms with Crippen LogP contribution in [0.3, 0.4) is 0 Å². The number of primary amides is 1. The zero-order valence-corrected chi connectivity index (χ0v) is 11.7. The Morgan fingerprint density at radius 3 is 2.70 bits per heavy atom. The summed E-state index contributed by atoms with van der Waals surface area (Å²) in [5.41, 5.74) is 12.5. The van der Waals surface area contributed by atoms with Crippen molar-refractivity contribution < 1.29 is 9.90 Å². The molecule has 1 fully saturated rings. The van der Waals surface area contributed by atoms with Crippen LogP contribution in [0.15, 0.2) is 24.3 Å². The molecule has 0 saturated heterocycles. The number of hydrogen-bond acceptors (Lipinski definition) is 4. The highest BCUT2D eigenvalue weighted by Crippen LogP contribution is 2.26. The maximum Gasteiger partial charge on any atom is 0.231 e. The molecular weight excluding hydrogens is 254 g/mol. The number of anilines is 1. The van der Waals surface area contributed by atoms with Crippen LogP contribution in [-0.4, -0.2) is 35.0 Å². The van der Waals surface area contributed by atoms with Gasteiger partial charge in [0.15, 0.2) is 0 Å². The van der Waals surface area contributed by atoms with E-state index >= 15 is 0 Å². The monoisotopic (exact) mass is 277 g/mol. The summed E-state index contributed by atoms with van der Waals surface area (Å²) in [5, 5.41) is 10.3. The van der Waals surface area contributed by atoms with Gasteiger partial charge < -0.3 is 16.6 Å². The second-order valence-corrected chi connectivity index (χ2v) is 5.52. The van der Waals surface area contributed by atoms with Gasteiger partial charge in [-0.2, -0.15) is 0 Å². The van der Waals surface area contributed by atoms with Gasteiger partial charge in [-0.3, -0.25) is 9.69 Å². The number of rotatable bonds is 6. The zero-order valence-electron chi connectivity index (χ0n) is 11.7. The standard InChI is InChI=1S/C15H23N3O2/c16-12-5-3-4-11(8-12)14(19)9-18(10-15(17)20)13-6-1-2-7-13/h3-5,8,13-14,19H,1-2,6-7,9-10,16H2,(H2,17,20). The summed E-state index contributed by atoms with van der Waals surface area (Å²) in [6.07, 6.45) is 3.83. The lowest BCUT2D eigenvalue weighted by molar-refractivity contribution is -0.120. The van der Waals surface area contributed by atoms with Gasteiger partial charge in [-0.05, 0) is 30.5 Å². The molecule has 0 aliphatic heterocycles. The zero-order chi connectivity index (χ0) is 14.5. The van der Waals surface area contributed by atoms with Crippen molar-refractivity contribution in [3.05, 3.63) is 29.8 Å². The molecule has 2 rings (SSSR count). The number of amides is 1. The molecule has 5 N–H and O–H groups in total. The molecule has 1 atom stereocenters. The van der Waals surface area contributed by atoms with Crippen LogP contribution in [0.25, 0.3) is 0 Å². The third-order valence-electron chi connectivity index (χ3n) is 3.90. The van der Waals surface area contributed by atoms with E-state index in [-0.39, 0.29) is 12.5 Å². The number of aliphatic hydroxyl groups excluding tert-OH is 1. The Morgan fingerprint density at radius 2 is 2.10 bits per heavy atom. The number of carbonyl (C=O) groups is 1. The minimum Gasteiger partial charge on any atom is -0.399 e. The van der Waals surface area contributed by atoms with E-state index < -0.39 is 6.10 Å². The second kappa shape index (κ2) is 6.72. The summed E-state index contributed by atoms with van der Waals surface area (Å²) in [6.45, 7) is 0.612. The van der Waals surface area contributed by atoms with E-state index in [4.69, 9.17) is 11.5 Å². The largest absolute Gasteiger partial charge is 0.399 e. The van der Waals surface area contributed by atoms with Crippen LogP contribution in [0.5, 0.6) is 0 Å². The first-order valence-corrected chi connectivity index (χ1v) is 7.12. The van der Waals surface area contributed by atoms with Gasteiger partial charge in [0.1, 0.15) is 0 Å². The SMILES string of the molecule is NC(=O)CN(CC(O)c1cccc(N)c1)C1CCCC1. The summed E-state index contributed by atoms with van der Waals surface area (Å²) in [5.74, 6) is -0.350. The van der Waals surface area contributed by atoms with E-state index in [2.05, 4.69) is 0 Å². The Kier molecular flexibility index (Phi) is 4.98. The summed E-state index contributed by atoms with van der Waals surface area (Å²) in [6, 6.07) is 7.56. The number of nitrogens with zero attached hydrogens (tertiary/aromatic N) is 1. The van der Waals surface area contributed by atoms with Gasteiger partial charge >= 0.3 is 0 Å². The van der Waals surface area contributed by atoms with E-state index in [1.807, 2.05) is 17.0 Å². The lowest BCUT2D eigenvalue weighted by Gasteiger charge is -2.29. The number of carbonyl (C=O) groups excluding carboxylic acids is 1. The molecule has 1 amide bonds. The average Bonchev–Trinajstić information content (AvgIpc) is 2.91. The van der Waals surface area contributed by atoms with Crippen molar-refractivity contribution in [1.82, 2.24) is 4.90 Å². The van der Waals surface area contributed by atoms with Gasteiger partial charge in [-0.25, -0.2) is 0 Å². The average molecular weight is 277 g/mol. The molecule has 110 valence electrons. The van der Waals surface area contributed by atoms with Gasteiger partial charge in [0.05, 0.1) is 12.6 Å². The highest BCUT2D eigenvalue weighted by molar-refractivity contribution is 5.76. The lowest BCUT2D eigenvalue weighted by Crippen LogP contribution is -2.42. The Hall–Kier alpha value is -1.59. The van der Waals surface area contributed by atoms with Crippen molar-refractivity contribution in [2.75, 3.05) is 18.8 Å². The number of hydrogen-bond donors (Lipinski definition) is 3. The molecule has 1 aromatic rings. The van der Waals surface area contributed by atoms with Crippen molar-refractivity contribution in [2.24, 2.45) is 5.73 Å². The van der Waals surface area contributed by atoms with Gasteiger partial charge in [0, 0.05) is 18.3 Å². The molecule has 5 heteroatoms. The maximum absolute atomic E-state index is 11.2. The first-order valence-electron chi connectivity index (χ1n) is 7.12. The van der Waals surface area contributed by atoms with Crippen molar-refractivity contribution in [3.8, 4) is 0 Å². The van der Waals surface area contributed by atoms with Crippen LogP contribution < -0.4 is 11.5 Å². The molecule has 1 aromatic carbocycles. The van der Waals surface area contributed by atoms with E-state index in [9.17, 15) is 9.90 Å². The molecule has 1 aliphatic rings. The van der Waals surface area contributed by atoms with Crippen LogP contribution in [0, 0.1) is 0 Å². The molecule has 1 unspecified atom stereocenters. The Balaban J connectivity index is 2.04. The van der Waals surface area contributed by atoms with Crippen LogP contribution in [0.2, 0.25) is 0 Å². The van der Waals surface area contributed by atoms with E-state index in [1.165, 1.54) is 12.8 Å². The molecule has 0 heterocycles. The Labute approximate surface area is 119 Å². The number of benzene rings is 1. The minimum absolute atomic E-state index is 0.198. The molecule has 0 bridgehead atoms. The smallest absolute Gasteiger partial charge is 0.231 e. The van der Waals surface area contributed by atoms with Crippen molar-refractivity contribution in [2.45, 2.75) is 37.8 Å². The molecule has 1 saturated carbocycles. The predicted molar refractivity (Wildman–Crippen MR) is 78.8 cm³/mol. The van der Waals surface area contributed by atoms with Crippen molar-refractivity contribution >= 4 is 11.6 Å². The first-order chi connectivity index (χ1) is 9.56. The van der Waals surface area contributed by atoms with Gasteiger partial charge in [0.2, 0.25) is 5.91 Å². The molecule has 1 aliphatic carbocycles. The quantitative estimate of drug-likeness (QED) is 0.677. The molecule has 0 spiro atoms. The topological polar surface area (TPSA) is 92.6 Å². The predicted octanol–water partition coefficient (Wildman–Crippen LogP) is 1.03. The number of aliphatic hydroxyl groups is 1. The van der Waals surface area contributed by atoms with Crippen molar-refractivity contribution in [1.29, 1.82) is 0 Å². The molecule has 0 aromatic heterocycles. The third-order valence-corrected chi connectivity index (χ3v) is 3.90. The lowest BCUT2D eigenvalue weighted by atomic mass is 10.1. The Morgan fingerprint density at radius 1 is 1.40 bits per heavy atom. The summed E-state index contributed by atoms with van der Waals surface area (Å²) >= 11 is 0. The highest BCUT2D eigenvalue weighted by Gasteiger charge is 2.26. The van der Waals surface area contributed by atoms with Gasteiger partial charge in [-0.15, -0.1) is 0 Å². The number of nitrogens with two attached hydrogens (primary N) is 2. The van der Waals surface area contributed by atoms with Crippen LogP contribution in [0.1, 0.15) is 37.4 Å².